The van der Waals surface area contributed by atoms with E-state index in [9.17, 15) is 4.79 Å². The summed E-state index contributed by atoms with van der Waals surface area (Å²) in [6.07, 6.45) is 0. The number of hydrogen-bond donors (Lipinski definition) is 0. The molecule has 0 bridgehead atoms. The topological polar surface area (TPSA) is 20.3 Å². The van der Waals surface area contributed by atoms with E-state index in [4.69, 9.17) is 0 Å². The molecule has 0 spiro atoms. The van der Waals surface area contributed by atoms with E-state index in [-0.39, 0.29) is 0 Å². The number of nitrogens with zero attached hydrogens (tertiary/aromatic N) is 1. The molecule has 3 heteroatoms. The predicted octanol–water partition coefficient (Wildman–Crippen LogP) is 2.58. The van der Waals surface area contributed by atoms with Gasteiger partial charge in [0.05, 0.1) is 8.07 Å². The molecule has 0 aromatic rings. The smallest absolute Gasteiger partial charge is 0.219 e. The fourth-order valence-electron chi connectivity index (χ4n) is 1.60. The second kappa shape index (κ2) is 5.42. The van der Waals surface area contributed by atoms with Crippen molar-refractivity contribution in [3.8, 4) is 0 Å². The molecule has 0 aliphatic carbocycles. The third-order valence-corrected chi connectivity index (χ3v) is 8.83. The first-order chi connectivity index (χ1) is 6.01. The van der Waals surface area contributed by atoms with Crippen molar-refractivity contribution in [1.82, 2.24) is 4.90 Å². The Balaban J connectivity index is 4.33. The first-order valence-corrected chi connectivity index (χ1v) is 8.04. The van der Waals surface area contributed by atoms with E-state index in [1.807, 2.05) is 14.1 Å². The van der Waals surface area contributed by atoms with Gasteiger partial charge in [0.2, 0.25) is 5.91 Å². The van der Waals surface area contributed by atoms with Crippen LogP contribution in [0.3, 0.4) is 0 Å². The van der Waals surface area contributed by atoms with Gasteiger partial charge in [0.1, 0.15) is 0 Å². The minimum Gasteiger partial charge on any atom is -0.349 e. The molecule has 0 aliphatic rings. The summed E-state index contributed by atoms with van der Waals surface area (Å²) in [7, 11) is 2.46. The monoisotopic (exact) mass is 201 g/mol. The highest BCUT2D eigenvalue weighted by atomic mass is 28.3. The lowest BCUT2D eigenvalue weighted by molar-refractivity contribution is -0.126. The van der Waals surface area contributed by atoms with Crippen molar-refractivity contribution < 1.29 is 4.79 Å². The lowest BCUT2D eigenvalue weighted by atomic mass is 10.6. The van der Waals surface area contributed by atoms with Crippen LogP contribution >= 0.6 is 0 Å². The van der Waals surface area contributed by atoms with Gasteiger partial charge in [-0.3, -0.25) is 4.79 Å². The van der Waals surface area contributed by atoms with E-state index in [2.05, 4.69) is 20.8 Å². The molecule has 0 unspecified atom stereocenters. The molecule has 0 N–H and O–H groups in total. The van der Waals surface area contributed by atoms with E-state index in [1.165, 1.54) is 18.1 Å². The van der Waals surface area contributed by atoms with Gasteiger partial charge in [0, 0.05) is 20.1 Å². The number of rotatable bonds is 5. The molecule has 13 heavy (non-hydrogen) atoms. The quantitative estimate of drug-likeness (QED) is 0.626. The van der Waals surface area contributed by atoms with Crippen LogP contribution in [0.25, 0.3) is 0 Å². The zero-order chi connectivity index (χ0) is 10.5. The maximum Gasteiger partial charge on any atom is 0.219 e. The third kappa shape index (κ3) is 3.51. The van der Waals surface area contributed by atoms with Gasteiger partial charge in [-0.15, -0.1) is 0 Å². The lowest BCUT2D eigenvalue weighted by Gasteiger charge is -2.28. The van der Waals surface area contributed by atoms with Gasteiger partial charge in [-0.25, -0.2) is 0 Å². The summed E-state index contributed by atoms with van der Waals surface area (Å²) in [6.45, 7) is 6.71. The average molecular weight is 201 g/mol. The van der Waals surface area contributed by atoms with Crippen LogP contribution in [0.5, 0.6) is 0 Å². The van der Waals surface area contributed by atoms with E-state index in [0.29, 0.717) is 5.91 Å². The highest BCUT2D eigenvalue weighted by Gasteiger charge is 2.29. The van der Waals surface area contributed by atoms with E-state index in [0.717, 1.165) is 6.04 Å². The van der Waals surface area contributed by atoms with Gasteiger partial charge in [0.25, 0.3) is 0 Å². The second-order valence-electron chi connectivity index (χ2n) is 4.03. The Morgan fingerprint density at radius 2 is 1.46 bits per heavy atom. The van der Waals surface area contributed by atoms with Crippen molar-refractivity contribution in [2.45, 2.75) is 44.9 Å². The molecule has 0 aliphatic heterocycles. The van der Waals surface area contributed by atoms with Crippen molar-refractivity contribution >= 4 is 14.0 Å². The van der Waals surface area contributed by atoms with Crippen LogP contribution in [0, 0.1) is 0 Å². The Kier molecular flexibility index (Phi) is 5.29. The summed E-state index contributed by atoms with van der Waals surface area (Å²) in [6, 6.07) is 4.54. The van der Waals surface area contributed by atoms with Crippen LogP contribution in [0.2, 0.25) is 24.2 Å². The van der Waals surface area contributed by atoms with E-state index >= 15 is 0 Å². The zero-order valence-electron chi connectivity index (χ0n) is 9.68. The fourth-order valence-corrected chi connectivity index (χ4v) is 4.81. The van der Waals surface area contributed by atoms with Crippen LogP contribution in [0.15, 0.2) is 0 Å². The molecular formula is C10H23NOSi. The molecule has 0 radical (unpaired) electrons. The Hall–Kier alpha value is -0.313. The molecule has 0 aromatic carbocycles. The normalized spacial score (nSPS) is 11.5. The summed E-state index contributed by atoms with van der Waals surface area (Å²) in [4.78, 5) is 13.3. The number of carbonyl (C=O) groups is 1. The molecule has 0 heterocycles. The van der Waals surface area contributed by atoms with Crippen molar-refractivity contribution in [2.24, 2.45) is 0 Å². The Morgan fingerprint density at radius 1 is 1.08 bits per heavy atom. The highest BCUT2D eigenvalue weighted by molar-refractivity contribution is 6.82. The van der Waals surface area contributed by atoms with Crippen LogP contribution in [0.4, 0.5) is 0 Å². The maximum absolute atomic E-state index is 11.6. The molecule has 0 saturated carbocycles. The fraction of sp³-hybridized carbons (Fsp3) is 0.900. The van der Waals surface area contributed by atoms with Crippen molar-refractivity contribution in [3.63, 3.8) is 0 Å². The summed E-state index contributed by atoms with van der Waals surface area (Å²) in [5.74, 6) is 0.317. The number of carbonyl (C=O) groups excluding carboxylic acids is 1. The van der Waals surface area contributed by atoms with E-state index < -0.39 is 8.07 Å². The molecule has 78 valence electrons. The molecule has 2 nitrogen and oxygen atoms in total. The minimum absolute atomic E-state index is 0.317. The largest absolute Gasteiger partial charge is 0.349 e. The van der Waals surface area contributed by atoms with Gasteiger partial charge in [-0.1, -0.05) is 38.9 Å². The van der Waals surface area contributed by atoms with Crippen LogP contribution < -0.4 is 0 Å². The predicted molar refractivity (Wildman–Crippen MR) is 60.7 cm³/mol. The SMILES string of the molecule is CC[Si](CC)(CC)CC(=O)N(C)C. The van der Waals surface area contributed by atoms with Gasteiger partial charge >= 0.3 is 0 Å². The van der Waals surface area contributed by atoms with Crippen LogP contribution in [-0.4, -0.2) is 33.0 Å². The Morgan fingerprint density at radius 3 is 1.69 bits per heavy atom. The van der Waals surface area contributed by atoms with Crippen molar-refractivity contribution in [2.75, 3.05) is 14.1 Å². The summed E-state index contributed by atoms with van der Waals surface area (Å²) in [5, 5.41) is 0. The van der Waals surface area contributed by atoms with Crippen molar-refractivity contribution in [3.05, 3.63) is 0 Å². The van der Waals surface area contributed by atoms with Gasteiger partial charge in [-0.2, -0.15) is 0 Å². The van der Waals surface area contributed by atoms with E-state index in [1.54, 1.807) is 4.90 Å². The lowest BCUT2D eigenvalue weighted by Crippen LogP contribution is -2.38. The minimum atomic E-state index is -1.23. The summed E-state index contributed by atoms with van der Waals surface area (Å²) >= 11 is 0. The number of hydrogen-bond acceptors (Lipinski definition) is 1. The number of amides is 1. The molecule has 0 fully saturated rings. The van der Waals surface area contributed by atoms with Crippen LogP contribution in [-0.2, 0) is 4.79 Å². The zero-order valence-corrected chi connectivity index (χ0v) is 10.7. The molecule has 0 saturated heterocycles. The summed E-state index contributed by atoms with van der Waals surface area (Å²) in [5.41, 5.74) is 0. The third-order valence-electron chi connectivity index (χ3n) is 3.28. The Labute approximate surface area is 83.3 Å². The van der Waals surface area contributed by atoms with Crippen molar-refractivity contribution in [1.29, 1.82) is 0 Å². The molecule has 0 aromatic heterocycles. The maximum atomic E-state index is 11.6. The molecule has 0 rings (SSSR count). The molecular weight excluding hydrogens is 178 g/mol. The molecule has 1 amide bonds. The standard InChI is InChI=1S/C10H23NOSi/c1-6-13(7-2,8-3)9-10(12)11(4)5/h6-9H2,1-5H3. The highest BCUT2D eigenvalue weighted by Crippen LogP contribution is 2.25. The van der Waals surface area contributed by atoms with Gasteiger partial charge in [-0.05, 0) is 0 Å². The Bertz CT molecular complexity index is 156. The second-order valence-corrected chi connectivity index (χ2v) is 9.50. The molecule has 0 atom stereocenters. The average Bonchev–Trinajstić information content (AvgIpc) is 2.14. The van der Waals surface area contributed by atoms with Crippen LogP contribution in [0.1, 0.15) is 20.8 Å². The first-order valence-electron chi connectivity index (χ1n) is 5.21. The summed E-state index contributed by atoms with van der Waals surface area (Å²) < 4.78 is 0. The first kappa shape index (κ1) is 12.7. The van der Waals surface area contributed by atoms with Gasteiger partial charge in [0.15, 0.2) is 0 Å². The van der Waals surface area contributed by atoms with Gasteiger partial charge < -0.3 is 4.90 Å².